The molecule has 1 aliphatic rings. The van der Waals surface area contributed by atoms with E-state index in [0.29, 0.717) is 39.3 Å². The van der Waals surface area contributed by atoms with Gasteiger partial charge in [0.15, 0.2) is 0 Å². The molecule has 6 nitrogen and oxygen atoms in total. The number of amides is 1. The minimum Gasteiger partial charge on any atom is -0.367 e. The van der Waals surface area contributed by atoms with Crippen molar-refractivity contribution in [2.75, 3.05) is 11.9 Å². The van der Waals surface area contributed by atoms with Crippen molar-refractivity contribution in [1.82, 2.24) is 9.47 Å². The molecule has 1 fully saturated rings. The van der Waals surface area contributed by atoms with Crippen molar-refractivity contribution >= 4 is 46.1 Å². The van der Waals surface area contributed by atoms with Gasteiger partial charge in [0.2, 0.25) is 0 Å². The van der Waals surface area contributed by atoms with Crippen molar-refractivity contribution in [3.8, 4) is 6.07 Å². The van der Waals surface area contributed by atoms with Gasteiger partial charge >= 0.3 is 0 Å². The number of benzene rings is 1. The number of anilines is 1. The van der Waals surface area contributed by atoms with Crippen LogP contribution in [0.3, 0.4) is 0 Å². The topological polar surface area (TPSA) is 78.1 Å². The first kappa shape index (κ1) is 31.6. The van der Waals surface area contributed by atoms with Crippen LogP contribution in [0.4, 0.5) is 10.2 Å². The summed E-state index contributed by atoms with van der Waals surface area (Å²) >= 11 is 6.78. The first-order chi connectivity index (χ1) is 19.3. The number of nitriles is 1. The van der Waals surface area contributed by atoms with E-state index < -0.39 is 5.56 Å². The molecule has 0 saturated carbocycles. The molecule has 1 aliphatic heterocycles. The van der Waals surface area contributed by atoms with E-state index >= 15 is 0 Å². The lowest BCUT2D eigenvalue weighted by Gasteiger charge is -2.18. The molecule has 1 N–H and O–H groups in total. The largest absolute Gasteiger partial charge is 0.367 e. The molecule has 0 radical (unpaired) electrons. The smallest absolute Gasteiger partial charge is 0.270 e. The lowest BCUT2D eigenvalue weighted by atomic mass is 10.0. The Hall–Kier alpha value is -2.96. The Labute approximate surface area is 246 Å². The van der Waals surface area contributed by atoms with E-state index in [1.165, 1.54) is 73.4 Å². The van der Waals surface area contributed by atoms with Crippen LogP contribution in [0, 0.1) is 24.1 Å². The number of nitrogens with one attached hydrogen (secondary N) is 1. The SMILES string of the molecule is CCCCCCCCCCCCN1C(=O)/C(=C\c2c(C)c(C#N)c(=O)n(C)c2NCc2ccc(F)cc2)SC1=S. The molecule has 0 atom stereocenters. The van der Waals surface area contributed by atoms with Crippen LogP contribution in [0.25, 0.3) is 6.08 Å². The molecule has 3 rings (SSSR count). The van der Waals surface area contributed by atoms with Gasteiger partial charge in [-0.05, 0) is 42.7 Å². The number of aromatic nitrogens is 1. The Balaban J connectivity index is 1.69. The number of carbonyl (C=O) groups is 1. The number of halogens is 1. The van der Waals surface area contributed by atoms with Gasteiger partial charge in [0.05, 0.1) is 4.91 Å². The number of unbranched alkanes of at least 4 members (excludes halogenated alkanes) is 9. The van der Waals surface area contributed by atoms with E-state index in [9.17, 15) is 19.2 Å². The summed E-state index contributed by atoms with van der Waals surface area (Å²) < 4.78 is 15.2. The third-order valence-electron chi connectivity index (χ3n) is 7.26. The zero-order valence-electron chi connectivity index (χ0n) is 23.7. The van der Waals surface area contributed by atoms with Gasteiger partial charge in [0, 0.05) is 25.7 Å². The Kier molecular flexibility index (Phi) is 12.4. The summed E-state index contributed by atoms with van der Waals surface area (Å²) in [5.74, 6) is -0.00107. The molecule has 0 unspecified atom stereocenters. The summed E-state index contributed by atoms with van der Waals surface area (Å²) in [7, 11) is 1.59. The van der Waals surface area contributed by atoms with Gasteiger partial charge in [-0.3, -0.25) is 19.1 Å². The van der Waals surface area contributed by atoms with E-state index in [1.807, 2.05) is 6.07 Å². The van der Waals surface area contributed by atoms with Crippen LogP contribution in [-0.2, 0) is 18.4 Å². The van der Waals surface area contributed by atoms with Crippen molar-refractivity contribution in [2.45, 2.75) is 84.6 Å². The molecule has 0 spiro atoms. The summed E-state index contributed by atoms with van der Waals surface area (Å²) in [5.41, 5.74) is 1.51. The van der Waals surface area contributed by atoms with E-state index in [2.05, 4.69) is 12.2 Å². The maximum atomic E-state index is 13.3. The van der Waals surface area contributed by atoms with Gasteiger partial charge in [-0.15, -0.1) is 0 Å². The Morgan fingerprint density at radius 1 is 1.02 bits per heavy atom. The van der Waals surface area contributed by atoms with Crippen molar-refractivity contribution in [1.29, 1.82) is 5.26 Å². The van der Waals surface area contributed by atoms with Crippen LogP contribution in [0.15, 0.2) is 34.0 Å². The highest BCUT2D eigenvalue weighted by Gasteiger charge is 2.32. The maximum absolute atomic E-state index is 13.3. The monoisotopic (exact) mass is 582 g/mol. The summed E-state index contributed by atoms with van der Waals surface area (Å²) in [5, 5.41) is 12.9. The van der Waals surface area contributed by atoms with Gasteiger partial charge in [0.25, 0.3) is 11.5 Å². The number of rotatable bonds is 15. The van der Waals surface area contributed by atoms with Gasteiger partial charge in [0.1, 0.15) is 27.6 Å². The van der Waals surface area contributed by atoms with Gasteiger partial charge in [-0.25, -0.2) is 4.39 Å². The fourth-order valence-corrected chi connectivity index (χ4v) is 6.10. The molecule has 1 saturated heterocycles. The highest BCUT2D eigenvalue weighted by molar-refractivity contribution is 8.26. The molecule has 2 heterocycles. The lowest BCUT2D eigenvalue weighted by molar-refractivity contribution is -0.122. The number of hydrogen-bond acceptors (Lipinski definition) is 6. The highest BCUT2D eigenvalue weighted by Crippen LogP contribution is 2.35. The fraction of sp³-hybridized carbons (Fsp3) is 0.484. The third-order valence-corrected chi connectivity index (χ3v) is 8.64. The lowest BCUT2D eigenvalue weighted by Crippen LogP contribution is -2.29. The van der Waals surface area contributed by atoms with Crippen LogP contribution in [0.1, 0.15) is 93.4 Å². The zero-order chi connectivity index (χ0) is 29.1. The van der Waals surface area contributed by atoms with E-state index in [-0.39, 0.29) is 17.3 Å². The number of thioether (sulfide) groups is 1. The molecule has 1 amide bonds. The predicted molar refractivity (Wildman–Crippen MR) is 167 cm³/mol. The van der Waals surface area contributed by atoms with Crippen LogP contribution >= 0.6 is 24.0 Å². The fourth-order valence-electron chi connectivity index (χ4n) is 4.81. The Morgan fingerprint density at radius 2 is 1.62 bits per heavy atom. The standard InChI is InChI=1S/C31H39FN4O2S2/c1-4-5-6-7-8-9-10-11-12-13-18-36-30(38)27(40-31(36)39)19-25-22(2)26(20-33)29(37)35(3)28(25)34-21-23-14-16-24(32)17-15-23/h14-17,19,34H,4-13,18,21H2,1-3H3/b27-19+. The van der Waals surface area contributed by atoms with Crippen molar-refractivity contribution in [3.05, 3.63) is 67.6 Å². The predicted octanol–water partition coefficient (Wildman–Crippen LogP) is 7.44. The van der Waals surface area contributed by atoms with Gasteiger partial charge in [-0.1, -0.05) is 101 Å². The van der Waals surface area contributed by atoms with Crippen molar-refractivity contribution in [2.24, 2.45) is 7.05 Å². The number of hydrogen-bond donors (Lipinski definition) is 1. The summed E-state index contributed by atoms with van der Waals surface area (Å²) in [4.78, 5) is 28.3. The zero-order valence-corrected chi connectivity index (χ0v) is 25.4. The molecule has 2 aromatic rings. The molecule has 1 aromatic carbocycles. The second kappa shape index (κ2) is 15.7. The number of thiocarbonyl (C=S) groups is 1. The molecule has 9 heteroatoms. The average Bonchev–Trinajstić information content (AvgIpc) is 3.21. The molecule has 0 bridgehead atoms. The van der Waals surface area contributed by atoms with E-state index in [4.69, 9.17) is 12.2 Å². The second-order valence-electron chi connectivity index (χ2n) is 10.2. The van der Waals surface area contributed by atoms with Crippen molar-refractivity contribution in [3.63, 3.8) is 0 Å². The number of carbonyl (C=O) groups excluding carboxylic acids is 1. The molecular formula is C31H39FN4O2S2. The quantitative estimate of drug-likeness (QED) is 0.134. The number of pyridine rings is 1. The minimum atomic E-state index is -0.424. The second-order valence-corrected chi connectivity index (χ2v) is 11.9. The molecule has 40 heavy (non-hydrogen) atoms. The normalized spacial score (nSPS) is 14.3. The van der Waals surface area contributed by atoms with Crippen LogP contribution < -0.4 is 10.9 Å². The van der Waals surface area contributed by atoms with Crippen molar-refractivity contribution < 1.29 is 9.18 Å². The first-order valence-corrected chi connectivity index (χ1v) is 15.4. The third kappa shape index (κ3) is 8.28. The summed E-state index contributed by atoms with van der Waals surface area (Å²) in [6.07, 6.45) is 13.9. The van der Waals surface area contributed by atoms with E-state index in [1.54, 1.807) is 37.1 Å². The van der Waals surface area contributed by atoms with Crippen LogP contribution in [0.2, 0.25) is 0 Å². The average molecular weight is 583 g/mol. The van der Waals surface area contributed by atoms with Gasteiger partial charge < -0.3 is 5.32 Å². The molecule has 214 valence electrons. The minimum absolute atomic E-state index is 0.0296. The van der Waals surface area contributed by atoms with Crippen LogP contribution in [0.5, 0.6) is 0 Å². The van der Waals surface area contributed by atoms with E-state index in [0.717, 1.165) is 24.8 Å². The van der Waals surface area contributed by atoms with Gasteiger partial charge in [-0.2, -0.15) is 5.26 Å². The summed E-state index contributed by atoms with van der Waals surface area (Å²) in [6, 6.07) is 8.08. The molecule has 1 aromatic heterocycles. The molecule has 0 aliphatic carbocycles. The Morgan fingerprint density at radius 3 is 2.23 bits per heavy atom. The van der Waals surface area contributed by atoms with Crippen LogP contribution in [-0.4, -0.2) is 26.2 Å². The highest BCUT2D eigenvalue weighted by atomic mass is 32.2. The first-order valence-electron chi connectivity index (χ1n) is 14.2. The number of nitrogens with zero attached hydrogens (tertiary/aromatic N) is 3. The summed E-state index contributed by atoms with van der Waals surface area (Å²) in [6.45, 7) is 4.86. The maximum Gasteiger partial charge on any atom is 0.270 e. The molecular weight excluding hydrogens is 543 g/mol. The Bertz CT molecular complexity index is 1330.